The molecule has 0 saturated carbocycles. The van der Waals surface area contributed by atoms with Crippen molar-refractivity contribution in [1.82, 2.24) is 0 Å². The van der Waals surface area contributed by atoms with Gasteiger partial charge in [0.15, 0.2) is 32.9 Å². The summed E-state index contributed by atoms with van der Waals surface area (Å²) in [6, 6.07) is 20.9. The van der Waals surface area contributed by atoms with Crippen LogP contribution in [0.15, 0.2) is 92.4 Å². The largest absolute Gasteiger partial charge is 0.508 e. The average molecular weight is 1000 g/mol. The van der Waals surface area contributed by atoms with Crippen LogP contribution in [0, 0.1) is 10.8 Å². The maximum absolute atomic E-state index is 13.8. The Labute approximate surface area is 404 Å². The standard InChI is InChI=1S/C25H33NO6S2.C24H31NO6S2/c1-5-7-12-25(6-2)16-26(18-8-10-19(31-3)11-9-18)20-13-22(33-4)21(32-15-24(27)28)14-23(20)34(29,30)17-25;1-4-6-11-24(5-2)15-25(17-7-9-18(26)10-8-17)19-12-21(32-3)20(31-14-23(27)28)13-22(19)33(29,30)16-24/h8-11,13-14H,5-7,12,15-17H2,1-4H3,(H,27,28);7-10,12-13,26H,4-6,11,14-16H2,1-3H3,(H,27,28). The Morgan fingerprint density at radius 2 is 1.03 bits per heavy atom. The number of methoxy groups -OCH3 is 1. The van der Waals surface area contributed by atoms with Gasteiger partial charge >= 0.3 is 11.9 Å². The Bertz CT molecular complexity index is 2570. The zero-order chi connectivity index (χ0) is 49.2. The lowest BCUT2D eigenvalue weighted by atomic mass is 9.81. The van der Waals surface area contributed by atoms with Crippen LogP contribution in [0.1, 0.15) is 79.1 Å². The lowest BCUT2D eigenvalue weighted by molar-refractivity contribution is -0.140. The van der Waals surface area contributed by atoms with Crippen molar-refractivity contribution < 1.29 is 56.0 Å². The van der Waals surface area contributed by atoms with E-state index in [-0.39, 0.29) is 38.5 Å². The first kappa shape index (κ1) is 53.2. The first-order valence-electron chi connectivity index (χ1n) is 22.4. The van der Waals surface area contributed by atoms with Gasteiger partial charge in [0.05, 0.1) is 49.6 Å². The first-order valence-corrected chi connectivity index (χ1v) is 28.2. The van der Waals surface area contributed by atoms with E-state index in [0.717, 1.165) is 62.1 Å². The van der Waals surface area contributed by atoms with Crippen LogP contribution in [0.4, 0.5) is 22.7 Å². The van der Waals surface area contributed by atoms with Crippen molar-refractivity contribution in [2.24, 2.45) is 10.8 Å². The summed E-state index contributed by atoms with van der Waals surface area (Å²) >= 11 is 2.76. The van der Waals surface area contributed by atoms with E-state index in [4.69, 9.17) is 24.4 Å². The highest BCUT2D eigenvalue weighted by Gasteiger charge is 2.43. The molecular formula is C49H64N2O12S4. The van der Waals surface area contributed by atoms with Crippen molar-refractivity contribution in [3.8, 4) is 23.0 Å². The smallest absolute Gasteiger partial charge is 0.341 e. The molecule has 2 unspecified atom stereocenters. The molecule has 3 N–H and O–H groups in total. The molecular weight excluding hydrogens is 937 g/mol. The second-order valence-corrected chi connectivity index (χ2v) is 22.7. The van der Waals surface area contributed by atoms with E-state index in [1.807, 2.05) is 54.7 Å². The Balaban J connectivity index is 0.000000251. The van der Waals surface area contributed by atoms with Gasteiger partial charge in [-0.1, -0.05) is 53.4 Å². The third-order valence-corrected chi connectivity index (χ3v) is 18.1. The summed E-state index contributed by atoms with van der Waals surface area (Å²) in [6.45, 7) is 8.29. The lowest BCUT2D eigenvalue weighted by Crippen LogP contribution is -2.37. The summed E-state index contributed by atoms with van der Waals surface area (Å²) in [7, 11) is -5.75. The van der Waals surface area contributed by atoms with E-state index >= 15 is 0 Å². The maximum Gasteiger partial charge on any atom is 0.341 e. The van der Waals surface area contributed by atoms with Gasteiger partial charge in [-0.3, -0.25) is 0 Å². The summed E-state index contributed by atoms with van der Waals surface area (Å²) < 4.78 is 71.2. The number of carboxylic acids is 2. The van der Waals surface area contributed by atoms with Gasteiger partial charge in [-0.05, 0) is 98.9 Å². The lowest BCUT2D eigenvalue weighted by Gasteiger charge is -2.36. The van der Waals surface area contributed by atoms with E-state index < -0.39 is 55.7 Å². The molecule has 0 spiro atoms. The van der Waals surface area contributed by atoms with Gasteiger partial charge in [0.1, 0.15) is 23.0 Å². The third kappa shape index (κ3) is 12.9. The molecule has 6 rings (SSSR count). The van der Waals surface area contributed by atoms with Gasteiger partial charge in [0, 0.05) is 47.4 Å². The monoisotopic (exact) mass is 1000 g/mol. The number of aromatic hydroxyl groups is 1. The fraction of sp³-hybridized carbons (Fsp3) is 0.469. The van der Waals surface area contributed by atoms with Crippen molar-refractivity contribution in [2.45, 2.75) is 98.6 Å². The highest BCUT2D eigenvalue weighted by Crippen LogP contribution is 2.49. The van der Waals surface area contributed by atoms with Gasteiger partial charge in [-0.15, -0.1) is 23.5 Å². The Hall–Kier alpha value is -4.78. The quantitative estimate of drug-likeness (QED) is 0.0749. The second kappa shape index (κ2) is 23.0. The molecule has 0 bridgehead atoms. The zero-order valence-corrected chi connectivity index (χ0v) is 42.6. The van der Waals surface area contributed by atoms with Crippen LogP contribution in [-0.2, 0) is 29.3 Å². The third-order valence-electron chi connectivity index (χ3n) is 12.6. The molecule has 0 amide bonds. The fourth-order valence-corrected chi connectivity index (χ4v) is 14.2. The molecule has 2 aliphatic heterocycles. The number of rotatable bonds is 19. The van der Waals surface area contributed by atoms with Crippen molar-refractivity contribution in [3.05, 3.63) is 72.8 Å². The number of unbranched alkanes of at least 4 members (excludes halogenated alkanes) is 2. The molecule has 0 aromatic heterocycles. The number of hydrogen-bond donors (Lipinski definition) is 3. The number of fused-ring (bicyclic) bond motifs is 2. The molecule has 0 saturated heterocycles. The first-order chi connectivity index (χ1) is 31.8. The van der Waals surface area contributed by atoms with Crippen LogP contribution < -0.4 is 24.0 Å². The van der Waals surface area contributed by atoms with Gasteiger partial charge in [0.25, 0.3) is 0 Å². The van der Waals surface area contributed by atoms with E-state index in [0.29, 0.717) is 40.7 Å². The van der Waals surface area contributed by atoms with Crippen LogP contribution in [0.2, 0.25) is 0 Å². The van der Waals surface area contributed by atoms with Crippen molar-refractivity contribution in [2.75, 3.05) is 67.2 Å². The molecule has 18 heteroatoms. The molecule has 2 heterocycles. The highest BCUT2D eigenvalue weighted by atomic mass is 32.2. The van der Waals surface area contributed by atoms with Gasteiger partial charge < -0.3 is 39.3 Å². The number of carboxylic acid groups (broad SMARTS) is 2. The molecule has 0 fully saturated rings. The molecule has 4 aromatic carbocycles. The van der Waals surface area contributed by atoms with Crippen LogP contribution in [0.25, 0.3) is 0 Å². The number of benzene rings is 4. The van der Waals surface area contributed by atoms with Crippen LogP contribution in [0.3, 0.4) is 0 Å². The minimum Gasteiger partial charge on any atom is -0.508 e. The predicted molar refractivity (Wildman–Crippen MR) is 266 cm³/mol. The SMILES string of the molecule is CCCCC1(CC)CN(c2ccc(O)cc2)c2cc(SC)c(OCC(=O)O)cc2S(=O)(=O)C1.CCCCC1(CC)CN(c2ccc(OC)cc2)c2cc(SC)c(OCC(=O)O)cc2S(=O)(=O)C1. The molecule has 2 aliphatic rings. The summed E-state index contributed by atoms with van der Waals surface area (Å²) in [5.74, 6) is -0.829. The van der Waals surface area contributed by atoms with E-state index in [9.17, 15) is 31.5 Å². The van der Waals surface area contributed by atoms with Gasteiger partial charge in [-0.25, -0.2) is 26.4 Å². The van der Waals surface area contributed by atoms with Crippen LogP contribution in [-0.4, -0.2) is 102 Å². The van der Waals surface area contributed by atoms with Crippen LogP contribution in [0.5, 0.6) is 23.0 Å². The average Bonchev–Trinajstić information content (AvgIpc) is 3.47. The topological polar surface area (TPSA) is 197 Å². The summed E-state index contributed by atoms with van der Waals surface area (Å²) in [6.07, 6.45) is 10.5. The van der Waals surface area contributed by atoms with Crippen molar-refractivity contribution in [1.29, 1.82) is 0 Å². The molecule has 0 aliphatic carbocycles. The highest BCUT2D eigenvalue weighted by molar-refractivity contribution is 7.99. The Morgan fingerprint density at radius 1 is 0.642 bits per heavy atom. The van der Waals surface area contributed by atoms with E-state index in [1.54, 1.807) is 37.4 Å². The molecule has 67 heavy (non-hydrogen) atoms. The fourth-order valence-electron chi connectivity index (χ4n) is 8.74. The van der Waals surface area contributed by atoms with Gasteiger partial charge in [0.2, 0.25) is 0 Å². The van der Waals surface area contributed by atoms with Crippen LogP contribution >= 0.6 is 23.5 Å². The number of aliphatic carboxylic acids is 2. The number of sulfone groups is 2. The number of anilines is 4. The molecule has 14 nitrogen and oxygen atoms in total. The zero-order valence-electron chi connectivity index (χ0n) is 39.4. The maximum atomic E-state index is 13.8. The number of thioether (sulfide) groups is 2. The second-order valence-electron chi connectivity index (χ2n) is 17.1. The number of phenols is 1. The normalized spacial score (nSPS) is 19.4. The molecule has 2 atom stereocenters. The number of carbonyl (C=O) groups is 2. The van der Waals surface area contributed by atoms with Crippen molar-refractivity contribution >= 4 is 77.9 Å². The number of nitrogens with zero attached hydrogens (tertiary/aromatic N) is 2. The predicted octanol–water partition coefficient (Wildman–Crippen LogP) is 10.5. The summed E-state index contributed by atoms with van der Waals surface area (Å²) in [4.78, 5) is 27.9. The molecule has 0 radical (unpaired) electrons. The summed E-state index contributed by atoms with van der Waals surface area (Å²) in [5.41, 5.74) is 1.91. The van der Waals surface area contributed by atoms with E-state index in [1.165, 1.54) is 35.7 Å². The molecule has 366 valence electrons. The Morgan fingerprint density at radius 3 is 1.36 bits per heavy atom. The van der Waals surface area contributed by atoms with E-state index in [2.05, 4.69) is 25.7 Å². The van der Waals surface area contributed by atoms with Crippen molar-refractivity contribution in [3.63, 3.8) is 0 Å². The minimum absolute atomic E-state index is 0.00900. The minimum atomic E-state index is -3.69. The van der Waals surface area contributed by atoms with Gasteiger partial charge in [-0.2, -0.15) is 0 Å². The Kier molecular flexibility index (Phi) is 18.3. The number of ether oxygens (including phenoxy) is 3. The summed E-state index contributed by atoms with van der Waals surface area (Å²) in [5, 5.41) is 27.9. The number of phenolic OH excluding ortho intramolecular Hbond substituents is 1. The molecule has 4 aromatic rings. The number of hydrogen-bond acceptors (Lipinski definition) is 14.